The molecule has 2 aromatic rings. The highest BCUT2D eigenvalue weighted by Crippen LogP contribution is 2.53. The van der Waals surface area contributed by atoms with Gasteiger partial charge in [0.2, 0.25) is 0 Å². The second-order valence-corrected chi connectivity index (χ2v) is 9.91. The summed E-state index contributed by atoms with van der Waals surface area (Å²) in [4.78, 5) is 0. The van der Waals surface area contributed by atoms with E-state index in [-0.39, 0.29) is 11.8 Å². The van der Waals surface area contributed by atoms with Crippen LogP contribution in [0.5, 0.6) is 11.5 Å². The zero-order valence-corrected chi connectivity index (χ0v) is 19.6. The van der Waals surface area contributed by atoms with E-state index in [9.17, 15) is 10.2 Å². The lowest BCUT2D eigenvalue weighted by Crippen LogP contribution is -2.56. The largest absolute Gasteiger partial charge is 0.497 e. The van der Waals surface area contributed by atoms with E-state index < -0.39 is 11.2 Å². The van der Waals surface area contributed by atoms with Crippen molar-refractivity contribution < 1.29 is 19.7 Å². The van der Waals surface area contributed by atoms with Crippen LogP contribution in [0.15, 0.2) is 48.5 Å². The maximum Gasteiger partial charge on any atom is 0.119 e. The van der Waals surface area contributed by atoms with E-state index in [0.717, 1.165) is 75.7 Å². The Morgan fingerprint density at radius 1 is 0.750 bits per heavy atom. The van der Waals surface area contributed by atoms with Crippen LogP contribution < -0.4 is 9.47 Å². The molecule has 0 heterocycles. The molecule has 0 aliphatic heterocycles. The number of benzene rings is 2. The molecule has 0 bridgehead atoms. The molecule has 0 amide bonds. The Morgan fingerprint density at radius 3 is 1.59 bits per heavy atom. The van der Waals surface area contributed by atoms with Gasteiger partial charge in [-0.25, -0.2) is 0 Å². The predicted molar refractivity (Wildman–Crippen MR) is 127 cm³/mol. The number of aliphatic hydroxyl groups is 2. The van der Waals surface area contributed by atoms with Crippen molar-refractivity contribution in [3.8, 4) is 11.5 Å². The van der Waals surface area contributed by atoms with Crippen LogP contribution in [0.3, 0.4) is 0 Å². The minimum Gasteiger partial charge on any atom is -0.497 e. The molecule has 2 fully saturated rings. The number of methoxy groups -OCH3 is 2. The van der Waals surface area contributed by atoms with Gasteiger partial charge < -0.3 is 19.7 Å². The minimum absolute atomic E-state index is 0.172. The fourth-order valence-corrected chi connectivity index (χ4v) is 6.31. The van der Waals surface area contributed by atoms with Gasteiger partial charge in [-0.05, 0) is 98.6 Å². The predicted octanol–water partition coefficient (Wildman–Crippen LogP) is 5.33. The maximum absolute atomic E-state index is 11.8. The van der Waals surface area contributed by atoms with Crippen molar-refractivity contribution in [2.45, 2.75) is 75.4 Å². The number of aryl methyl sites for hydroxylation is 2. The van der Waals surface area contributed by atoms with Gasteiger partial charge in [0.15, 0.2) is 0 Å². The number of rotatable bonds is 8. The molecule has 4 heteroatoms. The fourth-order valence-electron chi connectivity index (χ4n) is 6.31. The number of hydrogen-bond donors (Lipinski definition) is 2. The number of hydrogen-bond acceptors (Lipinski definition) is 4. The van der Waals surface area contributed by atoms with Crippen LogP contribution in [0.2, 0.25) is 0 Å². The van der Waals surface area contributed by atoms with Gasteiger partial charge in [0.1, 0.15) is 11.5 Å². The van der Waals surface area contributed by atoms with Crippen molar-refractivity contribution in [3.05, 3.63) is 59.7 Å². The standard InChI is InChI=1S/C28H38O4/c1-31-23-9-3-7-21(19-23)13-17-27(29)15-5-12-26-25(27)11-6-16-28(26,30)18-14-22-8-4-10-24(20-22)32-2/h3-4,7-10,19-20,25-26,29-30H,5-6,11-18H2,1-2H3/t25-,26+,27-,28-/m0/s1. The first-order valence-electron chi connectivity index (χ1n) is 12.2. The first-order valence-corrected chi connectivity index (χ1v) is 12.2. The molecular formula is C28H38O4. The SMILES string of the molecule is COc1cccc(CC[C@@]2(O)CCC[C@H]3[C@H]2CCC[C@]3(O)CCc2cccc(OC)c2)c1. The Bertz CT molecular complexity index is 823. The van der Waals surface area contributed by atoms with Crippen molar-refractivity contribution in [2.24, 2.45) is 11.8 Å². The smallest absolute Gasteiger partial charge is 0.119 e. The van der Waals surface area contributed by atoms with E-state index in [1.54, 1.807) is 14.2 Å². The van der Waals surface area contributed by atoms with Crippen LogP contribution in [0, 0.1) is 11.8 Å². The molecule has 4 rings (SSSR count). The summed E-state index contributed by atoms with van der Waals surface area (Å²) in [5, 5.41) is 23.6. The molecule has 2 saturated carbocycles. The minimum atomic E-state index is -0.698. The first-order chi connectivity index (χ1) is 15.5. The average molecular weight is 439 g/mol. The topological polar surface area (TPSA) is 58.9 Å². The van der Waals surface area contributed by atoms with Gasteiger partial charge in [0, 0.05) is 0 Å². The Balaban J connectivity index is 1.45. The summed E-state index contributed by atoms with van der Waals surface area (Å²) in [6.07, 6.45) is 8.82. The molecule has 4 atom stereocenters. The molecule has 0 aromatic heterocycles. The molecule has 0 unspecified atom stereocenters. The summed E-state index contributed by atoms with van der Waals surface area (Å²) in [5.74, 6) is 2.07. The zero-order valence-electron chi connectivity index (χ0n) is 19.6. The third-order valence-electron chi connectivity index (χ3n) is 8.08. The van der Waals surface area contributed by atoms with Crippen LogP contribution >= 0.6 is 0 Å². The van der Waals surface area contributed by atoms with Crippen LogP contribution in [0.25, 0.3) is 0 Å². The van der Waals surface area contributed by atoms with Crippen LogP contribution in [0.4, 0.5) is 0 Å². The molecule has 2 aromatic carbocycles. The summed E-state index contributed by atoms with van der Waals surface area (Å²) in [6.45, 7) is 0. The van der Waals surface area contributed by atoms with E-state index in [4.69, 9.17) is 9.47 Å². The van der Waals surface area contributed by atoms with Crippen LogP contribution in [0.1, 0.15) is 62.5 Å². The molecule has 0 saturated heterocycles. The Morgan fingerprint density at radius 2 is 1.19 bits per heavy atom. The summed E-state index contributed by atoms with van der Waals surface area (Å²) in [7, 11) is 3.37. The maximum atomic E-state index is 11.8. The molecule has 4 nitrogen and oxygen atoms in total. The van der Waals surface area contributed by atoms with E-state index in [0.29, 0.717) is 0 Å². The Kier molecular flexibility index (Phi) is 7.11. The molecular weight excluding hydrogens is 400 g/mol. The second-order valence-electron chi connectivity index (χ2n) is 9.91. The molecule has 2 aliphatic rings. The Hall–Kier alpha value is -2.04. The van der Waals surface area contributed by atoms with Crippen molar-refractivity contribution >= 4 is 0 Å². The van der Waals surface area contributed by atoms with Gasteiger partial charge in [-0.1, -0.05) is 37.1 Å². The summed E-state index contributed by atoms with van der Waals surface area (Å²) < 4.78 is 10.7. The molecule has 0 radical (unpaired) electrons. The van der Waals surface area contributed by atoms with Crippen molar-refractivity contribution in [3.63, 3.8) is 0 Å². The quantitative estimate of drug-likeness (QED) is 0.585. The third-order valence-corrected chi connectivity index (χ3v) is 8.08. The molecule has 32 heavy (non-hydrogen) atoms. The highest BCUT2D eigenvalue weighted by Gasteiger charge is 2.53. The summed E-state index contributed by atoms with van der Waals surface area (Å²) in [6, 6.07) is 16.3. The molecule has 2 N–H and O–H groups in total. The normalized spacial score (nSPS) is 29.9. The summed E-state index contributed by atoms with van der Waals surface area (Å²) >= 11 is 0. The van der Waals surface area contributed by atoms with Gasteiger partial charge in [0.05, 0.1) is 25.4 Å². The highest BCUT2D eigenvalue weighted by molar-refractivity contribution is 5.29. The number of ether oxygens (including phenoxy) is 2. The van der Waals surface area contributed by atoms with Crippen LogP contribution in [-0.4, -0.2) is 35.6 Å². The lowest BCUT2D eigenvalue weighted by Gasteiger charge is -2.54. The van der Waals surface area contributed by atoms with Gasteiger partial charge >= 0.3 is 0 Å². The van der Waals surface area contributed by atoms with E-state index in [1.165, 1.54) is 11.1 Å². The van der Waals surface area contributed by atoms with Crippen molar-refractivity contribution in [2.75, 3.05) is 14.2 Å². The van der Waals surface area contributed by atoms with E-state index in [1.807, 2.05) is 24.3 Å². The fraction of sp³-hybridized carbons (Fsp3) is 0.571. The third kappa shape index (κ3) is 4.97. The van der Waals surface area contributed by atoms with Crippen molar-refractivity contribution in [1.82, 2.24) is 0 Å². The van der Waals surface area contributed by atoms with Gasteiger partial charge in [-0.3, -0.25) is 0 Å². The molecule has 2 aliphatic carbocycles. The first kappa shape index (κ1) is 23.1. The second kappa shape index (κ2) is 9.84. The Labute approximate surface area is 192 Å². The van der Waals surface area contributed by atoms with Gasteiger partial charge in [-0.15, -0.1) is 0 Å². The monoisotopic (exact) mass is 438 g/mol. The molecule has 174 valence electrons. The molecule has 0 spiro atoms. The van der Waals surface area contributed by atoms with Gasteiger partial charge in [-0.2, -0.15) is 0 Å². The summed E-state index contributed by atoms with van der Waals surface area (Å²) in [5.41, 5.74) is 1.00. The van der Waals surface area contributed by atoms with Crippen LogP contribution in [-0.2, 0) is 12.8 Å². The lowest BCUT2D eigenvalue weighted by atomic mass is 9.56. The zero-order chi connectivity index (χ0) is 22.6. The van der Waals surface area contributed by atoms with E-state index >= 15 is 0 Å². The van der Waals surface area contributed by atoms with Gasteiger partial charge in [0.25, 0.3) is 0 Å². The average Bonchev–Trinajstić information content (AvgIpc) is 2.83. The highest BCUT2D eigenvalue weighted by atomic mass is 16.5. The van der Waals surface area contributed by atoms with E-state index in [2.05, 4.69) is 24.3 Å². The van der Waals surface area contributed by atoms with Crippen molar-refractivity contribution in [1.29, 1.82) is 0 Å². The number of fused-ring (bicyclic) bond motifs is 1. The lowest BCUT2D eigenvalue weighted by molar-refractivity contribution is -0.167.